The summed E-state index contributed by atoms with van der Waals surface area (Å²) in [6.45, 7) is 0. The zero-order valence-corrected chi connectivity index (χ0v) is 8.24. The summed E-state index contributed by atoms with van der Waals surface area (Å²) in [5, 5.41) is 0. The van der Waals surface area contributed by atoms with Gasteiger partial charge in [-0.25, -0.2) is 4.40 Å². The summed E-state index contributed by atoms with van der Waals surface area (Å²) in [4.78, 5) is 4.14. The van der Waals surface area contributed by atoms with Crippen LogP contribution in [-0.4, -0.2) is 9.64 Å². The van der Waals surface area contributed by atoms with E-state index in [1.165, 1.54) is 0 Å². The van der Waals surface area contributed by atoms with Crippen LogP contribution >= 0.6 is 0 Å². The minimum atomic E-state index is -4.69. The second-order valence-corrected chi connectivity index (χ2v) is 3.27. The molecular formula is C8H8ClN2O4+. The molecule has 6 nitrogen and oxygen atoms in total. The third-order valence-corrected chi connectivity index (χ3v) is 1.41. The number of nitrogens with zero attached hydrogens (tertiary/aromatic N) is 2. The van der Waals surface area contributed by atoms with Crippen LogP contribution in [0.5, 0.6) is 0 Å². The van der Waals surface area contributed by atoms with Crippen molar-refractivity contribution in [2.75, 3.05) is 0 Å². The van der Waals surface area contributed by atoms with Crippen molar-refractivity contribution in [3.63, 3.8) is 0 Å². The Morgan fingerprint density at radius 2 is 1.73 bits per heavy atom. The highest BCUT2D eigenvalue weighted by Crippen LogP contribution is 1.87. The number of rotatable bonds is 0. The molecular weight excluding hydrogens is 224 g/mol. The van der Waals surface area contributed by atoms with Crippen molar-refractivity contribution in [1.29, 1.82) is 0 Å². The van der Waals surface area contributed by atoms with Crippen LogP contribution in [0, 0.1) is 10.2 Å². The van der Waals surface area contributed by atoms with Gasteiger partial charge < -0.3 is 0 Å². The first-order chi connectivity index (χ1) is 6.97. The minimum Gasteiger partial charge on any atom is -0.203 e. The Labute approximate surface area is 87.4 Å². The summed E-state index contributed by atoms with van der Waals surface area (Å²) >= 11 is 0. The molecule has 0 aliphatic carbocycles. The van der Waals surface area contributed by atoms with E-state index in [1.807, 2.05) is 41.1 Å². The molecule has 0 saturated heterocycles. The number of aromatic nitrogens is 2. The van der Waals surface area contributed by atoms with Gasteiger partial charge in [-0.15, -0.1) is 0 Å². The first-order valence-electron chi connectivity index (χ1n) is 3.81. The summed E-state index contributed by atoms with van der Waals surface area (Å²) in [6.07, 6.45) is 5.74. The van der Waals surface area contributed by atoms with E-state index in [0.29, 0.717) is 0 Å². The van der Waals surface area contributed by atoms with Crippen molar-refractivity contribution in [3.8, 4) is 0 Å². The molecule has 0 bridgehead atoms. The number of hydrogen-bond acceptors (Lipinski definition) is 5. The average molecular weight is 232 g/mol. The van der Waals surface area contributed by atoms with E-state index < -0.39 is 10.2 Å². The van der Waals surface area contributed by atoms with Crippen molar-refractivity contribution >= 4 is 5.65 Å². The fourth-order valence-electron chi connectivity index (χ4n) is 0.933. The second kappa shape index (κ2) is 4.96. The van der Waals surface area contributed by atoms with E-state index in [2.05, 4.69) is 4.98 Å². The van der Waals surface area contributed by atoms with Gasteiger partial charge in [0.05, 0.1) is 27.3 Å². The summed E-state index contributed by atoms with van der Waals surface area (Å²) in [5.41, 5.74) is 0.977. The van der Waals surface area contributed by atoms with Gasteiger partial charge in [0.2, 0.25) is 0 Å². The monoisotopic (exact) mass is 231 g/mol. The molecule has 2 heterocycles. The number of pyridine rings is 1. The maximum atomic E-state index is 8.60. The van der Waals surface area contributed by atoms with Crippen LogP contribution in [0.3, 0.4) is 0 Å². The highest BCUT2D eigenvalue weighted by Gasteiger charge is 1.98. The van der Waals surface area contributed by atoms with E-state index in [9.17, 15) is 0 Å². The Hall–Kier alpha value is -1.31. The molecule has 2 aromatic heterocycles. The molecule has 0 saturated carbocycles. The van der Waals surface area contributed by atoms with Crippen molar-refractivity contribution in [1.82, 2.24) is 4.98 Å². The molecule has 0 unspecified atom stereocenters. The maximum Gasteiger partial charge on any atom is 0.327 e. The molecule has 2 aromatic rings. The lowest BCUT2D eigenvalue weighted by molar-refractivity contribution is -1.92. The minimum absolute atomic E-state index is 0.977. The Balaban J connectivity index is 0.000000195. The van der Waals surface area contributed by atoms with Crippen LogP contribution < -0.4 is 18.4 Å². The van der Waals surface area contributed by atoms with Gasteiger partial charge in [0.1, 0.15) is 6.20 Å². The summed E-state index contributed by atoms with van der Waals surface area (Å²) in [6, 6.07) is 7.84. The molecule has 15 heavy (non-hydrogen) atoms. The van der Waals surface area contributed by atoms with Gasteiger partial charge in [0.15, 0.2) is 0 Å². The Bertz CT molecular complexity index is 361. The highest BCUT2D eigenvalue weighted by atomic mass is 35.7. The van der Waals surface area contributed by atoms with Gasteiger partial charge in [-0.3, -0.25) is 0 Å². The molecule has 0 radical (unpaired) electrons. The SMILES string of the molecule is [O-][Cl+3]([O-])([O-])O.c1cc[n+]2cccnc2c1. The Morgan fingerprint density at radius 3 is 2.33 bits per heavy atom. The zero-order valence-electron chi connectivity index (χ0n) is 7.49. The van der Waals surface area contributed by atoms with Crippen LogP contribution in [0.4, 0.5) is 0 Å². The number of hydrogen-bond donors (Lipinski definition) is 1. The summed E-state index contributed by atoms with van der Waals surface area (Å²) < 4.78 is 34.7. The highest BCUT2D eigenvalue weighted by molar-refractivity contribution is 5.26. The number of halogens is 1. The van der Waals surface area contributed by atoms with Gasteiger partial charge in [-0.1, -0.05) is 6.07 Å². The van der Waals surface area contributed by atoms with E-state index >= 15 is 0 Å². The lowest BCUT2D eigenvalue weighted by Crippen LogP contribution is -2.58. The molecule has 2 rings (SSSR count). The van der Waals surface area contributed by atoms with Crippen molar-refractivity contribution in [3.05, 3.63) is 42.9 Å². The molecule has 0 aliphatic heterocycles. The van der Waals surface area contributed by atoms with Crippen LogP contribution in [0.25, 0.3) is 5.65 Å². The molecule has 0 atom stereocenters. The van der Waals surface area contributed by atoms with Gasteiger partial charge in [0, 0.05) is 12.1 Å². The van der Waals surface area contributed by atoms with E-state index in [-0.39, 0.29) is 0 Å². The molecule has 0 fully saturated rings. The normalized spacial score (nSPS) is 10.7. The van der Waals surface area contributed by atoms with Gasteiger partial charge in [-0.05, 0) is 11.1 Å². The molecule has 1 N–H and O–H groups in total. The molecule has 7 heteroatoms. The first-order valence-corrected chi connectivity index (χ1v) is 5.07. The third kappa shape index (κ3) is 5.21. The quantitative estimate of drug-likeness (QED) is 0.478. The fourth-order valence-corrected chi connectivity index (χ4v) is 0.933. The standard InChI is InChI=1S/C8H7N2.ClHO4/c1-2-6-10-7-3-5-9-8(10)4-1;2-1(3,4)5/h1-7H;(H,2,3,4,5)/q+1;. The first kappa shape index (κ1) is 11.8. The summed E-state index contributed by atoms with van der Waals surface area (Å²) in [7, 11) is -4.69. The second-order valence-electron chi connectivity index (χ2n) is 2.48. The van der Waals surface area contributed by atoms with Crippen LogP contribution in [0.2, 0.25) is 0 Å². The summed E-state index contributed by atoms with van der Waals surface area (Å²) in [5.74, 6) is 0. The Morgan fingerprint density at radius 1 is 1.13 bits per heavy atom. The lowest BCUT2D eigenvalue weighted by Gasteiger charge is -2.03. The van der Waals surface area contributed by atoms with E-state index in [1.54, 1.807) is 6.20 Å². The molecule has 0 aliphatic rings. The maximum absolute atomic E-state index is 8.60. The molecule has 0 amide bonds. The molecule has 0 aromatic carbocycles. The smallest absolute Gasteiger partial charge is 0.203 e. The third-order valence-electron chi connectivity index (χ3n) is 1.41. The predicted molar refractivity (Wildman–Crippen MR) is 39.6 cm³/mol. The number of fused-ring (bicyclic) bond motifs is 1. The van der Waals surface area contributed by atoms with E-state index in [0.717, 1.165) is 5.65 Å². The lowest BCUT2D eigenvalue weighted by atomic mass is 10.4. The predicted octanol–water partition coefficient (Wildman–Crippen LogP) is -3.30. The average Bonchev–Trinajstić information content (AvgIpc) is 2.16. The largest absolute Gasteiger partial charge is 0.327 e. The van der Waals surface area contributed by atoms with Crippen molar-refractivity contribution in [2.24, 2.45) is 0 Å². The van der Waals surface area contributed by atoms with Gasteiger partial charge in [-0.2, -0.15) is 14.0 Å². The topological polar surface area (TPSA) is 106 Å². The van der Waals surface area contributed by atoms with Crippen LogP contribution in [-0.2, 0) is 0 Å². The van der Waals surface area contributed by atoms with Gasteiger partial charge >= 0.3 is 5.65 Å². The van der Waals surface area contributed by atoms with Crippen molar-refractivity contribution < 1.29 is 33.3 Å². The zero-order chi connectivity index (χ0) is 11.3. The Kier molecular flexibility index (Phi) is 3.89. The van der Waals surface area contributed by atoms with Crippen LogP contribution in [0.15, 0.2) is 42.9 Å². The molecule has 0 spiro atoms. The van der Waals surface area contributed by atoms with Gasteiger partial charge in [0.25, 0.3) is 0 Å². The fraction of sp³-hybridized carbons (Fsp3) is 0. The van der Waals surface area contributed by atoms with E-state index in [4.69, 9.17) is 18.6 Å². The molecule has 80 valence electrons. The van der Waals surface area contributed by atoms with Crippen molar-refractivity contribution in [2.45, 2.75) is 0 Å². The van der Waals surface area contributed by atoms with Crippen LogP contribution in [0.1, 0.15) is 0 Å².